The Morgan fingerprint density at radius 2 is 1.83 bits per heavy atom. The van der Waals surface area contributed by atoms with E-state index < -0.39 is 29.1 Å². The lowest BCUT2D eigenvalue weighted by Gasteiger charge is -2.34. The van der Waals surface area contributed by atoms with Crippen molar-refractivity contribution in [2.45, 2.75) is 89.1 Å². The van der Waals surface area contributed by atoms with Gasteiger partial charge in [-0.05, 0) is 52.0 Å². The van der Waals surface area contributed by atoms with Gasteiger partial charge in [0.05, 0.1) is 17.4 Å². The molecule has 3 saturated heterocycles. The van der Waals surface area contributed by atoms with E-state index in [1.807, 2.05) is 51.1 Å². The van der Waals surface area contributed by atoms with Crippen LogP contribution in [0.5, 0.6) is 0 Å². The first-order chi connectivity index (χ1) is 16.7. The maximum atomic E-state index is 13.9. The molecule has 0 saturated carbocycles. The molecule has 2 unspecified atom stereocenters. The number of benzene rings is 1. The minimum absolute atomic E-state index is 0.0707. The average molecular weight is 486 g/mol. The van der Waals surface area contributed by atoms with Crippen LogP contribution in [0.25, 0.3) is 0 Å². The van der Waals surface area contributed by atoms with Crippen LogP contribution in [0.2, 0.25) is 0 Å². The zero-order chi connectivity index (χ0) is 25.2. The molecule has 5 atom stereocenters. The Bertz CT molecular complexity index is 938. The van der Waals surface area contributed by atoms with Gasteiger partial charge in [0, 0.05) is 25.7 Å². The number of nitrogens with zero attached hydrogens (tertiary/aromatic N) is 1. The molecule has 3 heterocycles. The second kappa shape index (κ2) is 10.3. The van der Waals surface area contributed by atoms with Crippen LogP contribution in [0.1, 0.15) is 64.9 Å². The topological polar surface area (TPSA) is 108 Å². The normalized spacial score (nSPS) is 31.2. The fraction of sp³-hybridized carbons (Fsp3) is 0.667. The lowest BCUT2D eigenvalue weighted by Crippen LogP contribution is -2.56. The van der Waals surface area contributed by atoms with E-state index in [2.05, 4.69) is 10.6 Å². The van der Waals surface area contributed by atoms with E-state index >= 15 is 0 Å². The van der Waals surface area contributed by atoms with Gasteiger partial charge in [0.15, 0.2) is 0 Å². The highest BCUT2D eigenvalue weighted by Crippen LogP contribution is 2.63. The summed E-state index contributed by atoms with van der Waals surface area (Å²) in [5.74, 6) is -1.86. The Labute approximate surface area is 207 Å². The summed E-state index contributed by atoms with van der Waals surface area (Å²) < 4.78 is 6.60. The number of rotatable bonds is 11. The smallest absolute Gasteiger partial charge is 0.246 e. The molecule has 35 heavy (non-hydrogen) atoms. The molecule has 1 aromatic rings. The molecular formula is C27H39N3O5. The number of nitrogens with one attached hydrogen (secondary N) is 2. The van der Waals surface area contributed by atoms with Crippen molar-refractivity contribution in [3.05, 3.63) is 35.9 Å². The van der Waals surface area contributed by atoms with Crippen LogP contribution in [0, 0.1) is 11.8 Å². The highest BCUT2D eigenvalue weighted by atomic mass is 16.5. The third kappa shape index (κ3) is 4.70. The van der Waals surface area contributed by atoms with E-state index in [9.17, 15) is 14.4 Å². The minimum Gasteiger partial charge on any atom is -0.396 e. The molecule has 3 N–H and O–H groups in total. The molecule has 192 valence electrons. The van der Waals surface area contributed by atoms with Crippen molar-refractivity contribution in [1.29, 1.82) is 0 Å². The molecule has 1 spiro atoms. The Morgan fingerprint density at radius 1 is 1.11 bits per heavy atom. The lowest BCUT2D eigenvalue weighted by atomic mass is 9.66. The zero-order valence-electron chi connectivity index (χ0n) is 21.1. The number of hydrogen-bond acceptors (Lipinski definition) is 5. The van der Waals surface area contributed by atoms with E-state index in [1.54, 1.807) is 4.90 Å². The summed E-state index contributed by atoms with van der Waals surface area (Å²) in [5.41, 5.74) is -0.767. The molecule has 3 fully saturated rings. The lowest BCUT2D eigenvalue weighted by molar-refractivity contribution is -0.146. The second-order valence-electron chi connectivity index (χ2n) is 10.8. The Hall–Kier alpha value is -2.45. The van der Waals surface area contributed by atoms with Crippen LogP contribution in [0.4, 0.5) is 0 Å². The molecule has 3 amide bonds. The number of unbranched alkanes of at least 4 members (excludes halogenated alkanes) is 3. The van der Waals surface area contributed by atoms with E-state index in [1.165, 1.54) is 0 Å². The summed E-state index contributed by atoms with van der Waals surface area (Å²) in [4.78, 5) is 42.5. The number of fused-ring (bicyclic) bond motifs is 1. The predicted molar refractivity (Wildman–Crippen MR) is 131 cm³/mol. The monoisotopic (exact) mass is 485 g/mol. The average Bonchev–Trinajstić information content (AvgIpc) is 3.38. The van der Waals surface area contributed by atoms with Crippen molar-refractivity contribution in [2.75, 3.05) is 13.2 Å². The molecule has 2 bridgehead atoms. The van der Waals surface area contributed by atoms with E-state index in [0.717, 1.165) is 31.2 Å². The van der Waals surface area contributed by atoms with Gasteiger partial charge in [-0.25, -0.2) is 0 Å². The molecule has 8 heteroatoms. The molecular weight excluding hydrogens is 446 g/mol. The first-order valence-corrected chi connectivity index (χ1v) is 13.0. The van der Waals surface area contributed by atoms with Crippen molar-refractivity contribution in [2.24, 2.45) is 11.8 Å². The zero-order valence-corrected chi connectivity index (χ0v) is 21.1. The van der Waals surface area contributed by atoms with E-state index in [4.69, 9.17) is 9.84 Å². The number of amides is 3. The number of aliphatic hydroxyl groups is 1. The molecule has 8 nitrogen and oxygen atoms in total. The van der Waals surface area contributed by atoms with Crippen LogP contribution in [0.3, 0.4) is 0 Å². The Morgan fingerprint density at radius 3 is 2.51 bits per heavy atom. The van der Waals surface area contributed by atoms with Gasteiger partial charge in [0.2, 0.25) is 17.7 Å². The summed E-state index contributed by atoms with van der Waals surface area (Å²) in [6.45, 7) is 6.69. The molecule has 0 aliphatic carbocycles. The molecule has 0 aromatic heterocycles. The fourth-order valence-electron chi connectivity index (χ4n) is 6.37. The Kier molecular flexibility index (Phi) is 7.52. The quantitative estimate of drug-likeness (QED) is 0.416. The number of carbonyl (C=O) groups is 3. The first-order valence-electron chi connectivity index (χ1n) is 13.0. The number of carbonyl (C=O) groups excluding carboxylic acids is 3. The van der Waals surface area contributed by atoms with Gasteiger partial charge in [-0.3, -0.25) is 14.4 Å². The summed E-state index contributed by atoms with van der Waals surface area (Å²) in [6.07, 6.45) is 4.41. The molecule has 3 aliphatic rings. The van der Waals surface area contributed by atoms with Crippen molar-refractivity contribution in [1.82, 2.24) is 15.5 Å². The van der Waals surface area contributed by atoms with Gasteiger partial charge in [-0.2, -0.15) is 0 Å². The van der Waals surface area contributed by atoms with Crippen molar-refractivity contribution in [3.8, 4) is 0 Å². The Balaban J connectivity index is 1.58. The van der Waals surface area contributed by atoms with Crippen LogP contribution >= 0.6 is 0 Å². The highest BCUT2D eigenvalue weighted by molar-refractivity contribution is 5.99. The van der Waals surface area contributed by atoms with Crippen LogP contribution in [0.15, 0.2) is 30.3 Å². The maximum absolute atomic E-state index is 13.9. The second-order valence-corrected chi connectivity index (χ2v) is 10.8. The van der Waals surface area contributed by atoms with Crippen molar-refractivity contribution in [3.63, 3.8) is 0 Å². The van der Waals surface area contributed by atoms with Gasteiger partial charge in [0.25, 0.3) is 0 Å². The van der Waals surface area contributed by atoms with Gasteiger partial charge in [0.1, 0.15) is 11.6 Å². The predicted octanol–water partition coefficient (Wildman–Crippen LogP) is 2.14. The molecule has 0 radical (unpaired) electrons. The van der Waals surface area contributed by atoms with Crippen LogP contribution < -0.4 is 10.6 Å². The number of ether oxygens (including phenoxy) is 1. The summed E-state index contributed by atoms with van der Waals surface area (Å²) in [6, 6.07) is 8.87. The third-order valence-electron chi connectivity index (χ3n) is 7.86. The van der Waals surface area contributed by atoms with Crippen LogP contribution in [-0.4, -0.2) is 64.2 Å². The van der Waals surface area contributed by atoms with E-state index in [0.29, 0.717) is 25.9 Å². The minimum atomic E-state index is -0.981. The van der Waals surface area contributed by atoms with E-state index in [-0.39, 0.29) is 30.4 Å². The number of aliphatic hydroxyl groups excluding tert-OH is 1. The SMILES string of the molecule is CC(C)NC(=O)C1N(CCCCCCO)C(=O)[C@@H]2[C@@H](C(=O)NCc3ccccc3)[C@@]3(C)CCC12O3. The number of likely N-dealkylation sites (tertiary alicyclic amines) is 1. The highest BCUT2D eigenvalue weighted by Gasteiger charge is 2.77. The summed E-state index contributed by atoms with van der Waals surface area (Å²) >= 11 is 0. The van der Waals surface area contributed by atoms with Crippen molar-refractivity contribution < 1.29 is 24.2 Å². The van der Waals surface area contributed by atoms with Gasteiger partial charge >= 0.3 is 0 Å². The first kappa shape index (κ1) is 25.6. The summed E-state index contributed by atoms with van der Waals surface area (Å²) in [5, 5.41) is 15.1. The van der Waals surface area contributed by atoms with Gasteiger partial charge in [-0.15, -0.1) is 0 Å². The maximum Gasteiger partial charge on any atom is 0.246 e. The van der Waals surface area contributed by atoms with Gasteiger partial charge < -0.3 is 25.4 Å². The van der Waals surface area contributed by atoms with Gasteiger partial charge in [-0.1, -0.05) is 43.2 Å². The van der Waals surface area contributed by atoms with Crippen LogP contribution in [-0.2, 0) is 25.7 Å². The summed E-state index contributed by atoms with van der Waals surface area (Å²) in [7, 11) is 0. The third-order valence-corrected chi connectivity index (χ3v) is 7.86. The molecule has 4 rings (SSSR count). The largest absolute Gasteiger partial charge is 0.396 e. The fourth-order valence-corrected chi connectivity index (χ4v) is 6.37. The van der Waals surface area contributed by atoms with Crippen molar-refractivity contribution >= 4 is 17.7 Å². The molecule has 1 aromatic carbocycles. The number of hydrogen-bond donors (Lipinski definition) is 3. The molecule has 3 aliphatic heterocycles. The standard InChI is InChI=1S/C27H39N3O5/c1-18(2)29-24(33)22-27-14-13-26(3,35-27)20(23(32)28-17-19-11-7-6-8-12-19)21(27)25(34)30(22)15-9-4-5-10-16-31/h6-8,11-12,18,20-22,31H,4-5,9-10,13-17H2,1-3H3,(H,28,32)(H,29,33)/t20-,21-,22?,26+,27?/m0/s1.